The molecule has 0 fully saturated rings. The lowest BCUT2D eigenvalue weighted by molar-refractivity contribution is 0.363. The van der Waals surface area contributed by atoms with Crippen molar-refractivity contribution in [2.24, 2.45) is 11.7 Å². The number of hydrogen-bond acceptors (Lipinski definition) is 2. The molecule has 3 unspecified atom stereocenters. The fraction of sp³-hybridized carbons (Fsp3) is 0.643. The fourth-order valence-electron chi connectivity index (χ4n) is 2.86. The van der Waals surface area contributed by atoms with Gasteiger partial charge in [-0.05, 0) is 36.8 Å². The summed E-state index contributed by atoms with van der Waals surface area (Å²) in [5.41, 5.74) is 9.05. The molecule has 0 radical (unpaired) electrons. The average Bonchev–Trinajstić information content (AvgIpc) is 2.72. The number of hydrogen-bond donors (Lipinski definition) is 1. The summed E-state index contributed by atoms with van der Waals surface area (Å²) < 4.78 is 0. The Morgan fingerprint density at radius 3 is 3.12 bits per heavy atom. The molecule has 1 aliphatic carbocycles. The second-order valence-electron chi connectivity index (χ2n) is 5.04. The summed E-state index contributed by atoms with van der Waals surface area (Å²) >= 11 is 0. The number of aromatic nitrogens is 1. The molecule has 2 nitrogen and oxygen atoms in total. The molecule has 0 aromatic carbocycles. The molecular weight excluding hydrogens is 196 g/mol. The summed E-state index contributed by atoms with van der Waals surface area (Å²) in [5.74, 6) is 1.08. The second kappa shape index (κ2) is 4.96. The van der Waals surface area contributed by atoms with E-state index in [1.165, 1.54) is 30.5 Å². The van der Waals surface area contributed by atoms with Crippen molar-refractivity contribution in [1.82, 2.24) is 4.98 Å². The molecule has 2 rings (SSSR count). The van der Waals surface area contributed by atoms with Gasteiger partial charge in [-0.15, -0.1) is 0 Å². The lowest BCUT2D eigenvalue weighted by atomic mass is 9.86. The van der Waals surface area contributed by atoms with E-state index in [0.29, 0.717) is 11.8 Å². The highest BCUT2D eigenvalue weighted by molar-refractivity contribution is 5.29. The van der Waals surface area contributed by atoms with Gasteiger partial charge in [-0.2, -0.15) is 0 Å². The van der Waals surface area contributed by atoms with Crippen LogP contribution in [0.5, 0.6) is 0 Å². The molecule has 3 atom stereocenters. The van der Waals surface area contributed by atoms with Crippen LogP contribution in [-0.4, -0.2) is 11.0 Å². The zero-order valence-electron chi connectivity index (χ0n) is 10.3. The van der Waals surface area contributed by atoms with E-state index in [0.717, 1.165) is 6.42 Å². The van der Waals surface area contributed by atoms with E-state index in [1.54, 1.807) is 0 Å². The van der Waals surface area contributed by atoms with Gasteiger partial charge < -0.3 is 5.73 Å². The Labute approximate surface area is 98.3 Å². The third kappa shape index (κ3) is 2.12. The molecule has 1 aromatic rings. The smallest absolute Gasteiger partial charge is 0.0482 e. The maximum atomic E-state index is 6.38. The molecule has 0 aliphatic heterocycles. The van der Waals surface area contributed by atoms with Crippen LogP contribution in [-0.2, 0) is 6.42 Å². The van der Waals surface area contributed by atoms with Gasteiger partial charge in [-0.25, -0.2) is 0 Å². The first-order chi connectivity index (χ1) is 7.74. The zero-order valence-corrected chi connectivity index (χ0v) is 10.3. The predicted molar refractivity (Wildman–Crippen MR) is 67.3 cm³/mol. The summed E-state index contributed by atoms with van der Waals surface area (Å²) in [6, 6.07) is 4.50. The van der Waals surface area contributed by atoms with Crippen LogP contribution in [0.1, 0.15) is 50.3 Å². The lowest BCUT2D eigenvalue weighted by Gasteiger charge is -2.25. The third-order valence-electron chi connectivity index (χ3n) is 3.87. The molecule has 0 saturated heterocycles. The van der Waals surface area contributed by atoms with E-state index in [2.05, 4.69) is 24.9 Å². The number of nitrogens with two attached hydrogens (primary N) is 1. The van der Waals surface area contributed by atoms with Gasteiger partial charge in [-0.3, -0.25) is 4.98 Å². The van der Waals surface area contributed by atoms with Gasteiger partial charge in [0.1, 0.15) is 0 Å². The van der Waals surface area contributed by atoms with Crippen molar-refractivity contribution >= 4 is 0 Å². The second-order valence-corrected chi connectivity index (χ2v) is 5.04. The first-order valence-corrected chi connectivity index (χ1v) is 6.43. The van der Waals surface area contributed by atoms with E-state index in [1.807, 2.05) is 12.3 Å². The highest BCUT2D eigenvalue weighted by Crippen LogP contribution is 2.35. The summed E-state index contributed by atoms with van der Waals surface area (Å²) in [4.78, 5) is 4.52. The summed E-state index contributed by atoms with van der Waals surface area (Å²) in [7, 11) is 0. The summed E-state index contributed by atoms with van der Waals surface area (Å²) in [6.45, 7) is 4.50. The van der Waals surface area contributed by atoms with E-state index in [9.17, 15) is 0 Å². The molecule has 0 amide bonds. The van der Waals surface area contributed by atoms with Crippen LogP contribution >= 0.6 is 0 Å². The number of pyridine rings is 1. The fourth-order valence-corrected chi connectivity index (χ4v) is 2.86. The maximum absolute atomic E-state index is 6.38. The lowest BCUT2D eigenvalue weighted by Crippen LogP contribution is -2.34. The molecule has 1 aromatic heterocycles. The Kier molecular flexibility index (Phi) is 3.59. The number of rotatable bonds is 4. The van der Waals surface area contributed by atoms with E-state index >= 15 is 0 Å². The SMILES string of the molecule is CCCC(C)C(N)C1CCc2cccnc21. The van der Waals surface area contributed by atoms with Crippen LogP contribution in [0.25, 0.3) is 0 Å². The highest BCUT2D eigenvalue weighted by atomic mass is 14.8. The Morgan fingerprint density at radius 1 is 1.56 bits per heavy atom. The molecule has 88 valence electrons. The standard InChI is InChI=1S/C14H22N2/c1-3-5-10(2)13(15)12-8-7-11-6-4-9-16-14(11)12/h4,6,9-10,12-13H,3,5,7-8,15H2,1-2H3. The maximum Gasteiger partial charge on any atom is 0.0482 e. The van der Waals surface area contributed by atoms with Crippen molar-refractivity contribution in [1.29, 1.82) is 0 Å². The largest absolute Gasteiger partial charge is 0.327 e. The van der Waals surface area contributed by atoms with Crippen LogP contribution in [0.15, 0.2) is 18.3 Å². The molecule has 0 bridgehead atoms. The Balaban J connectivity index is 2.12. The monoisotopic (exact) mass is 218 g/mol. The number of nitrogens with zero attached hydrogens (tertiary/aromatic N) is 1. The van der Waals surface area contributed by atoms with Crippen molar-refractivity contribution in [2.45, 2.75) is 51.5 Å². The Morgan fingerprint density at radius 2 is 2.38 bits per heavy atom. The summed E-state index contributed by atoms with van der Waals surface area (Å²) in [6.07, 6.45) is 6.67. The minimum absolute atomic E-state index is 0.274. The molecule has 2 N–H and O–H groups in total. The minimum atomic E-state index is 0.274. The van der Waals surface area contributed by atoms with Gasteiger partial charge in [0.2, 0.25) is 0 Å². The first kappa shape index (κ1) is 11.6. The normalized spacial score (nSPS) is 22.8. The summed E-state index contributed by atoms with van der Waals surface area (Å²) in [5, 5.41) is 0. The van der Waals surface area contributed by atoms with Crippen LogP contribution in [0, 0.1) is 5.92 Å². The van der Waals surface area contributed by atoms with Gasteiger partial charge in [-0.1, -0.05) is 26.3 Å². The quantitative estimate of drug-likeness (QED) is 0.844. The number of aryl methyl sites for hydroxylation is 1. The van der Waals surface area contributed by atoms with Crippen molar-refractivity contribution in [3.05, 3.63) is 29.6 Å². The van der Waals surface area contributed by atoms with Gasteiger partial charge in [0, 0.05) is 23.9 Å². The van der Waals surface area contributed by atoms with Crippen LogP contribution in [0.2, 0.25) is 0 Å². The van der Waals surface area contributed by atoms with E-state index in [4.69, 9.17) is 5.73 Å². The first-order valence-electron chi connectivity index (χ1n) is 6.43. The molecule has 16 heavy (non-hydrogen) atoms. The van der Waals surface area contributed by atoms with Crippen molar-refractivity contribution in [3.8, 4) is 0 Å². The molecular formula is C14H22N2. The molecule has 0 saturated carbocycles. The average molecular weight is 218 g/mol. The topological polar surface area (TPSA) is 38.9 Å². The molecule has 0 spiro atoms. The van der Waals surface area contributed by atoms with Crippen molar-refractivity contribution in [3.63, 3.8) is 0 Å². The van der Waals surface area contributed by atoms with Crippen LogP contribution in [0.4, 0.5) is 0 Å². The molecule has 1 aliphatic rings. The molecule has 1 heterocycles. The van der Waals surface area contributed by atoms with E-state index in [-0.39, 0.29) is 6.04 Å². The van der Waals surface area contributed by atoms with E-state index < -0.39 is 0 Å². The van der Waals surface area contributed by atoms with Crippen molar-refractivity contribution in [2.75, 3.05) is 0 Å². The third-order valence-corrected chi connectivity index (χ3v) is 3.87. The minimum Gasteiger partial charge on any atom is -0.327 e. The van der Waals surface area contributed by atoms with Crippen LogP contribution < -0.4 is 5.73 Å². The van der Waals surface area contributed by atoms with Gasteiger partial charge in [0.25, 0.3) is 0 Å². The van der Waals surface area contributed by atoms with Crippen molar-refractivity contribution < 1.29 is 0 Å². The Hall–Kier alpha value is -0.890. The van der Waals surface area contributed by atoms with Gasteiger partial charge >= 0.3 is 0 Å². The number of fused-ring (bicyclic) bond motifs is 1. The zero-order chi connectivity index (χ0) is 11.5. The van der Waals surface area contributed by atoms with Gasteiger partial charge in [0.15, 0.2) is 0 Å². The van der Waals surface area contributed by atoms with Crippen LogP contribution in [0.3, 0.4) is 0 Å². The molecule has 2 heteroatoms. The van der Waals surface area contributed by atoms with Gasteiger partial charge in [0.05, 0.1) is 0 Å². The Bertz CT molecular complexity index is 348. The predicted octanol–water partition coefficient (Wildman–Crippen LogP) is 2.87. The highest BCUT2D eigenvalue weighted by Gasteiger charge is 2.31.